The smallest absolute Gasteiger partial charge is 0.242 e. The molecule has 1 amide bonds. The molecule has 2 rings (SSSR count). The van der Waals surface area contributed by atoms with E-state index >= 15 is 0 Å². The molecule has 0 aliphatic carbocycles. The second-order valence-electron chi connectivity index (χ2n) is 5.50. The highest BCUT2D eigenvalue weighted by Crippen LogP contribution is 2.22. The summed E-state index contributed by atoms with van der Waals surface area (Å²) in [5.41, 5.74) is 7.23. The number of nitrogens with zero attached hydrogens (tertiary/aromatic N) is 2. The minimum Gasteiger partial charge on any atom is -0.399 e. The molecular formula is C15H21N5O. The highest BCUT2D eigenvalue weighted by atomic mass is 16.2. The van der Waals surface area contributed by atoms with Crippen molar-refractivity contribution in [3.63, 3.8) is 0 Å². The first-order chi connectivity index (χ1) is 9.97. The first kappa shape index (κ1) is 15.0. The fraction of sp³-hybridized carbons (Fsp3) is 0.400. The molecule has 1 unspecified atom stereocenters. The van der Waals surface area contributed by atoms with Crippen LogP contribution in [-0.4, -0.2) is 28.5 Å². The molecule has 1 atom stereocenters. The third kappa shape index (κ3) is 3.81. The van der Waals surface area contributed by atoms with Gasteiger partial charge in [-0.15, -0.1) is 0 Å². The molecule has 0 saturated carbocycles. The zero-order valence-electron chi connectivity index (χ0n) is 12.6. The number of carbonyl (C=O) groups is 1. The van der Waals surface area contributed by atoms with Crippen LogP contribution in [0.2, 0.25) is 0 Å². The zero-order chi connectivity index (χ0) is 15.4. The van der Waals surface area contributed by atoms with Crippen LogP contribution in [-0.2, 0) is 4.79 Å². The number of hydrogen-bond acceptors (Lipinski definition) is 5. The van der Waals surface area contributed by atoms with Crippen LogP contribution in [0.4, 0.5) is 11.5 Å². The number of nitrogens with two attached hydrogens (primary N) is 1. The van der Waals surface area contributed by atoms with Gasteiger partial charge in [0.15, 0.2) is 0 Å². The quantitative estimate of drug-likeness (QED) is 0.729. The first-order valence-corrected chi connectivity index (χ1v) is 7.02. The Morgan fingerprint density at radius 3 is 2.76 bits per heavy atom. The summed E-state index contributed by atoms with van der Waals surface area (Å²) < 4.78 is 0. The van der Waals surface area contributed by atoms with E-state index in [2.05, 4.69) is 34.4 Å². The molecule has 0 spiro atoms. The van der Waals surface area contributed by atoms with Gasteiger partial charge in [0.05, 0.1) is 5.52 Å². The number of fused-ring (bicyclic) bond motifs is 1. The summed E-state index contributed by atoms with van der Waals surface area (Å²) in [6.45, 7) is 6.57. The SMILES string of the molecule is CC(C)CNC(=O)C(C)Nc1ncnc2ccc(N)cc12. The Kier molecular flexibility index (Phi) is 4.57. The van der Waals surface area contributed by atoms with Crippen LogP contribution in [0.1, 0.15) is 20.8 Å². The predicted molar refractivity (Wildman–Crippen MR) is 84.9 cm³/mol. The van der Waals surface area contributed by atoms with Crippen LogP contribution in [0.3, 0.4) is 0 Å². The summed E-state index contributed by atoms with van der Waals surface area (Å²) in [6, 6.07) is 5.04. The van der Waals surface area contributed by atoms with E-state index in [9.17, 15) is 4.79 Å². The number of aromatic nitrogens is 2. The van der Waals surface area contributed by atoms with Crippen molar-refractivity contribution in [1.29, 1.82) is 0 Å². The highest BCUT2D eigenvalue weighted by molar-refractivity contribution is 5.93. The van der Waals surface area contributed by atoms with Gasteiger partial charge in [-0.25, -0.2) is 9.97 Å². The fourth-order valence-electron chi connectivity index (χ4n) is 1.92. The highest BCUT2D eigenvalue weighted by Gasteiger charge is 2.14. The zero-order valence-corrected chi connectivity index (χ0v) is 12.6. The van der Waals surface area contributed by atoms with E-state index in [0.29, 0.717) is 24.0 Å². The number of hydrogen-bond donors (Lipinski definition) is 3. The summed E-state index contributed by atoms with van der Waals surface area (Å²) >= 11 is 0. The maximum atomic E-state index is 12.0. The van der Waals surface area contributed by atoms with Gasteiger partial charge < -0.3 is 16.4 Å². The Morgan fingerprint density at radius 2 is 2.05 bits per heavy atom. The van der Waals surface area contributed by atoms with Gasteiger partial charge in [0, 0.05) is 17.6 Å². The molecule has 0 bridgehead atoms. The van der Waals surface area contributed by atoms with Crippen molar-refractivity contribution in [2.45, 2.75) is 26.8 Å². The van der Waals surface area contributed by atoms with E-state index in [1.54, 1.807) is 19.1 Å². The summed E-state index contributed by atoms with van der Waals surface area (Å²) in [7, 11) is 0. The van der Waals surface area contributed by atoms with Gasteiger partial charge in [0.2, 0.25) is 5.91 Å². The standard InChI is InChI=1S/C15H21N5O/c1-9(2)7-17-15(21)10(3)20-14-12-6-11(16)4-5-13(12)18-8-19-14/h4-6,8-10H,7,16H2,1-3H3,(H,17,21)(H,18,19,20). The van der Waals surface area contributed by atoms with E-state index in [1.807, 2.05) is 6.07 Å². The van der Waals surface area contributed by atoms with Gasteiger partial charge in [0.1, 0.15) is 18.2 Å². The average Bonchev–Trinajstić information content (AvgIpc) is 2.45. The van der Waals surface area contributed by atoms with E-state index in [1.165, 1.54) is 6.33 Å². The number of amides is 1. The van der Waals surface area contributed by atoms with Crippen LogP contribution >= 0.6 is 0 Å². The molecule has 4 N–H and O–H groups in total. The van der Waals surface area contributed by atoms with E-state index in [0.717, 1.165) is 10.9 Å². The Balaban J connectivity index is 2.15. The van der Waals surface area contributed by atoms with Crippen LogP contribution in [0.15, 0.2) is 24.5 Å². The number of nitrogen functional groups attached to an aromatic ring is 1. The van der Waals surface area contributed by atoms with Gasteiger partial charge >= 0.3 is 0 Å². The lowest BCUT2D eigenvalue weighted by Crippen LogP contribution is -2.39. The molecule has 1 aromatic heterocycles. The van der Waals surface area contributed by atoms with Crippen molar-refractivity contribution in [3.05, 3.63) is 24.5 Å². The Hall–Kier alpha value is -2.37. The summed E-state index contributed by atoms with van der Waals surface area (Å²) in [5, 5.41) is 6.82. The molecule has 21 heavy (non-hydrogen) atoms. The molecular weight excluding hydrogens is 266 g/mol. The number of carbonyl (C=O) groups excluding carboxylic acids is 1. The van der Waals surface area contributed by atoms with Gasteiger partial charge in [-0.3, -0.25) is 4.79 Å². The molecule has 0 radical (unpaired) electrons. The van der Waals surface area contributed by atoms with Crippen LogP contribution < -0.4 is 16.4 Å². The maximum absolute atomic E-state index is 12.0. The fourth-order valence-corrected chi connectivity index (χ4v) is 1.92. The van der Waals surface area contributed by atoms with Crippen molar-refractivity contribution in [1.82, 2.24) is 15.3 Å². The molecule has 2 aromatic rings. The Morgan fingerprint density at radius 1 is 1.29 bits per heavy atom. The number of anilines is 2. The number of benzene rings is 1. The van der Waals surface area contributed by atoms with E-state index in [-0.39, 0.29) is 11.9 Å². The first-order valence-electron chi connectivity index (χ1n) is 7.02. The molecule has 6 nitrogen and oxygen atoms in total. The normalized spacial score (nSPS) is 12.4. The van der Waals surface area contributed by atoms with Gasteiger partial charge in [-0.05, 0) is 31.0 Å². The lowest BCUT2D eigenvalue weighted by molar-refractivity contribution is -0.121. The largest absolute Gasteiger partial charge is 0.399 e. The second kappa shape index (κ2) is 6.39. The lowest BCUT2D eigenvalue weighted by Gasteiger charge is -2.16. The van der Waals surface area contributed by atoms with Crippen LogP contribution in [0, 0.1) is 5.92 Å². The molecule has 0 aliphatic heterocycles. The van der Waals surface area contributed by atoms with Crippen molar-refractivity contribution < 1.29 is 4.79 Å². The van der Waals surface area contributed by atoms with E-state index < -0.39 is 0 Å². The van der Waals surface area contributed by atoms with Crippen molar-refractivity contribution >= 4 is 28.3 Å². The molecule has 1 heterocycles. The lowest BCUT2D eigenvalue weighted by atomic mass is 10.2. The second-order valence-corrected chi connectivity index (χ2v) is 5.50. The van der Waals surface area contributed by atoms with Crippen LogP contribution in [0.5, 0.6) is 0 Å². The van der Waals surface area contributed by atoms with Gasteiger partial charge in [-0.1, -0.05) is 13.8 Å². The van der Waals surface area contributed by atoms with Crippen LogP contribution in [0.25, 0.3) is 10.9 Å². The molecule has 6 heteroatoms. The minimum atomic E-state index is -0.386. The van der Waals surface area contributed by atoms with Crippen molar-refractivity contribution in [2.75, 3.05) is 17.6 Å². The number of nitrogens with one attached hydrogen (secondary N) is 2. The Labute approximate surface area is 124 Å². The van der Waals surface area contributed by atoms with E-state index in [4.69, 9.17) is 5.73 Å². The molecule has 0 aliphatic rings. The number of rotatable bonds is 5. The third-order valence-electron chi connectivity index (χ3n) is 3.09. The van der Waals surface area contributed by atoms with Crippen molar-refractivity contribution in [3.8, 4) is 0 Å². The predicted octanol–water partition coefficient (Wildman–Crippen LogP) is 1.78. The topological polar surface area (TPSA) is 92.9 Å². The van der Waals surface area contributed by atoms with Crippen molar-refractivity contribution in [2.24, 2.45) is 5.92 Å². The molecule has 0 fully saturated rings. The van der Waals surface area contributed by atoms with Gasteiger partial charge in [-0.2, -0.15) is 0 Å². The Bertz CT molecular complexity index is 641. The summed E-state index contributed by atoms with van der Waals surface area (Å²) in [5.74, 6) is 0.972. The summed E-state index contributed by atoms with van der Waals surface area (Å²) in [6.07, 6.45) is 1.47. The average molecular weight is 287 g/mol. The molecule has 112 valence electrons. The minimum absolute atomic E-state index is 0.0561. The summed E-state index contributed by atoms with van der Waals surface area (Å²) in [4.78, 5) is 20.4. The molecule has 1 aromatic carbocycles. The monoisotopic (exact) mass is 287 g/mol. The maximum Gasteiger partial charge on any atom is 0.242 e. The van der Waals surface area contributed by atoms with Gasteiger partial charge in [0.25, 0.3) is 0 Å². The third-order valence-corrected chi connectivity index (χ3v) is 3.09. The molecule has 0 saturated heterocycles.